The number of amides is 1. The summed E-state index contributed by atoms with van der Waals surface area (Å²) in [5.74, 6) is 0.744. The zero-order valence-electron chi connectivity index (χ0n) is 14.0. The van der Waals surface area contributed by atoms with Gasteiger partial charge in [-0.3, -0.25) is 4.79 Å². The summed E-state index contributed by atoms with van der Waals surface area (Å²) in [7, 11) is 0. The van der Waals surface area contributed by atoms with Crippen LogP contribution in [0.2, 0.25) is 0 Å². The topological polar surface area (TPSA) is 38.3 Å². The summed E-state index contributed by atoms with van der Waals surface area (Å²) >= 11 is 0. The maximum Gasteiger partial charge on any atom is 0.226 e. The van der Waals surface area contributed by atoms with Crippen molar-refractivity contribution in [3.63, 3.8) is 0 Å². The first kappa shape index (κ1) is 16.1. The molecule has 0 bridgehead atoms. The minimum absolute atomic E-state index is 0.0121. The van der Waals surface area contributed by atoms with Crippen LogP contribution in [0.4, 0.5) is 5.69 Å². The van der Waals surface area contributed by atoms with Crippen molar-refractivity contribution in [1.82, 2.24) is 0 Å². The molecule has 3 nitrogen and oxygen atoms in total. The number of ether oxygens (including phenoxy) is 1. The Kier molecular flexibility index (Phi) is 4.80. The van der Waals surface area contributed by atoms with E-state index >= 15 is 0 Å². The van der Waals surface area contributed by atoms with Crippen LogP contribution >= 0.6 is 0 Å². The van der Waals surface area contributed by atoms with Gasteiger partial charge in [0.25, 0.3) is 0 Å². The second-order valence-corrected chi connectivity index (χ2v) is 6.11. The molecule has 0 aliphatic rings. The average Bonchev–Trinajstić information content (AvgIpc) is 2.61. The normalized spacial score (nSPS) is 10.8. The third-order valence-electron chi connectivity index (χ3n) is 3.88. The fourth-order valence-corrected chi connectivity index (χ4v) is 2.47. The number of carbonyl (C=O) groups is 1. The minimum atomic E-state index is -0.0576. The van der Waals surface area contributed by atoms with Crippen molar-refractivity contribution in [3.05, 3.63) is 72.3 Å². The van der Waals surface area contributed by atoms with E-state index in [9.17, 15) is 4.79 Å². The van der Waals surface area contributed by atoms with Gasteiger partial charge in [0.1, 0.15) is 12.4 Å². The zero-order chi connectivity index (χ0) is 16.9. The molecule has 0 radical (unpaired) electrons. The largest absolute Gasteiger partial charge is 0.489 e. The lowest BCUT2D eigenvalue weighted by Crippen LogP contribution is -2.17. The number of carbonyl (C=O) groups excluding carboxylic acids is 1. The molecule has 0 aromatic heterocycles. The van der Waals surface area contributed by atoms with Crippen LogP contribution in [0.1, 0.15) is 19.4 Å². The maximum absolute atomic E-state index is 12.0. The van der Waals surface area contributed by atoms with Crippen molar-refractivity contribution in [3.8, 4) is 5.75 Å². The van der Waals surface area contributed by atoms with Crippen molar-refractivity contribution >= 4 is 22.4 Å². The van der Waals surface area contributed by atoms with Crippen molar-refractivity contribution in [2.45, 2.75) is 20.5 Å². The number of rotatable bonds is 5. The molecule has 0 aliphatic heterocycles. The van der Waals surface area contributed by atoms with Gasteiger partial charge in [0.2, 0.25) is 5.91 Å². The molecular weight excluding hydrogens is 298 g/mol. The second kappa shape index (κ2) is 7.18. The summed E-state index contributed by atoms with van der Waals surface area (Å²) in [6.45, 7) is 4.29. The Hall–Kier alpha value is -2.81. The Bertz CT molecular complexity index is 841. The highest BCUT2D eigenvalue weighted by Crippen LogP contribution is 2.28. The van der Waals surface area contributed by atoms with Gasteiger partial charge in [-0.15, -0.1) is 0 Å². The third-order valence-corrected chi connectivity index (χ3v) is 3.88. The van der Waals surface area contributed by atoms with Crippen LogP contribution in [0, 0.1) is 5.92 Å². The summed E-state index contributed by atoms with van der Waals surface area (Å²) in [5.41, 5.74) is 1.94. The molecule has 0 saturated carbocycles. The van der Waals surface area contributed by atoms with Gasteiger partial charge in [0.05, 0.1) is 0 Å². The molecule has 122 valence electrons. The van der Waals surface area contributed by atoms with Crippen LogP contribution in [-0.4, -0.2) is 5.91 Å². The average molecular weight is 319 g/mol. The van der Waals surface area contributed by atoms with E-state index < -0.39 is 0 Å². The predicted molar refractivity (Wildman–Crippen MR) is 98.2 cm³/mol. The Labute approximate surface area is 142 Å². The summed E-state index contributed by atoms with van der Waals surface area (Å²) in [6.07, 6.45) is 0. The molecule has 0 saturated heterocycles. The highest BCUT2D eigenvalue weighted by Gasteiger charge is 2.10. The molecule has 1 N–H and O–H groups in total. The van der Waals surface area contributed by atoms with E-state index in [2.05, 4.69) is 5.32 Å². The standard InChI is InChI=1S/C21H21NO2/c1-15(2)21(23)22-20-10-6-9-17-11-12-18(13-19(17)20)24-14-16-7-4-3-5-8-16/h3-13,15H,14H2,1-2H3,(H,22,23). The molecule has 0 fully saturated rings. The molecule has 3 aromatic rings. The van der Waals surface area contributed by atoms with Crippen LogP contribution < -0.4 is 10.1 Å². The van der Waals surface area contributed by atoms with Gasteiger partial charge in [-0.2, -0.15) is 0 Å². The molecule has 0 unspecified atom stereocenters. The van der Waals surface area contributed by atoms with E-state index in [0.717, 1.165) is 27.8 Å². The summed E-state index contributed by atoms with van der Waals surface area (Å²) in [6, 6.07) is 21.9. The lowest BCUT2D eigenvalue weighted by molar-refractivity contribution is -0.118. The third kappa shape index (κ3) is 3.74. The second-order valence-electron chi connectivity index (χ2n) is 6.11. The first-order chi connectivity index (χ1) is 11.6. The Balaban J connectivity index is 1.84. The van der Waals surface area contributed by atoms with Gasteiger partial charge in [-0.1, -0.05) is 62.4 Å². The fraction of sp³-hybridized carbons (Fsp3) is 0.190. The fourth-order valence-electron chi connectivity index (χ4n) is 2.47. The highest BCUT2D eigenvalue weighted by atomic mass is 16.5. The van der Waals surface area contributed by atoms with E-state index in [1.165, 1.54) is 0 Å². The molecular formula is C21H21NO2. The number of anilines is 1. The first-order valence-corrected chi connectivity index (χ1v) is 8.14. The lowest BCUT2D eigenvalue weighted by atomic mass is 10.1. The molecule has 1 amide bonds. The lowest BCUT2D eigenvalue weighted by Gasteiger charge is -2.12. The highest BCUT2D eigenvalue weighted by molar-refractivity contribution is 6.03. The van der Waals surface area contributed by atoms with Crippen molar-refractivity contribution in [2.24, 2.45) is 5.92 Å². The molecule has 0 atom stereocenters. The minimum Gasteiger partial charge on any atom is -0.489 e. The SMILES string of the molecule is CC(C)C(=O)Nc1cccc2ccc(OCc3ccccc3)cc12. The van der Waals surface area contributed by atoms with Gasteiger partial charge >= 0.3 is 0 Å². The van der Waals surface area contributed by atoms with Crippen molar-refractivity contribution in [2.75, 3.05) is 5.32 Å². The van der Waals surface area contributed by atoms with E-state index in [-0.39, 0.29) is 11.8 Å². The van der Waals surface area contributed by atoms with E-state index in [1.807, 2.05) is 80.6 Å². The van der Waals surface area contributed by atoms with E-state index in [4.69, 9.17) is 4.74 Å². The maximum atomic E-state index is 12.0. The number of hydrogen-bond acceptors (Lipinski definition) is 2. The zero-order valence-corrected chi connectivity index (χ0v) is 14.0. The molecule has 3 heteroatoms. The molecule has 0 heterocycles. The summed E-state index contributed by atoms with van der Waals surface area (Å²) < 4.78 is 5.89. The molecule has 0 aliphatic carbocycles. The number of hydrogen-bond donors (Lipinski definition) is 1. The molecule has 3 rings (SSSR count). The van der Waals surface area contributed by atoms with Crippen molar-refractivity contribution < 1.29 is 9.53 Å². The van der Waals surface area contributed by atoms with Gasteiger partial charge in [-0.05, 0) is 29.1 Å². The number of fused-ring (bicyclic) bond motifs is 1. The molecule has 0 spiro atoms. The van der Waals surface area contributed by atoms with Crippen LogP contribution in [0.3, 0.4) is 0 Å². The van der Waals surface area contributed by atoms with E-state index in [1.54, 1.807) is 0 Å². The monoisotopic (exact) mass is 319 g/mol. The quantitative estimate of drug-likeness (QED) is 0.717. The molecule has 3 aromatic carbocycles. The van der Waals surface area contributed by atoms with Crippen LogP contribution in [0.15, 0.2) is 66.7 Å². The van der Waals surface area contributed by atoms with Gasteiger partial charge in [0.15, 0.2) is 0 Å². The van der Waals surface area contributed by atoms with Crippen LogP contribution in [0.5, 0.6) is 5.75 Å². The Morgan fingerprint density at radius 3 is 2.54 bits per heavy atom. The summed E-state index contributed by atoms with van der Waals surface area (Å²) in [5, 5.41) is 5.05. The van der Waals surface area contributed by atoms with Gasteiger partial charge in [0, 0.05) is 17.0 Å². The Morgan fingerprint density at radius 1 is 1.00 bits per heavy atom. The van der Waals surface area contributed by atoms with Crippen LogP contribution in [0.25, 0.3) is 10.8 Å². The summed E-state index contributed by atoms with van der Waals surface area (Å²) in [4.78, 5) is 12.0. The van der Waals surface area contributed by atoms with Crippen LogP contribution in [-0.2, 0) is 11.4 Å². The smallest absolute Gasteiger partial charge is 0.226 e. The van der Waals surface area contributed by atoms with Gasteiger partial charge in [-0.25, -0.2) is 0 Å². The predicted octanol–water partition coefficient (Wildman–Crippen LogP) is 5.01. The van der Waals surface area contributed by atoms with Gasteiger partial charge < -0.3 is 10.1 Å². The number of nitrogens with one attached hydrogen (secondary N) is 1. The van der Waals surface area contributed by atoms with Crippen molar-refractivity contribution in [1.29, 1.82) is 0 Å². The Morgan fingerprint density at radius 2 is 1.79 bits per heavy atom. The number of benzene rings is 3. The van der Waals surface area contributed by atoms with E-state index in [0.29, 0.717) is 6.61 Å². The molecule has 24 heavy (non-hydrogen) atoms. The first-order valence-electron chi connectivity index (χ1n) is 8.14.